The first-order valence-corrected chi connectivity index (χ1v) is 23.8. The van der Waals surface area contributed by atoms with Crippen molar-refractivity contribution in [3.8, 4) is 28.4 Å². The molecule has 0 spiro atoms. The fraction of sp³-hybridized carbons (Fsp3) is 0.480. The summed E-state index contributed by atoms with van der Waals surface area (Å²) in [5, 5.41) is 24.8. The van der Waals surface area contributed by atoms with Crippen LogP contribution < -0.4 is 24.6 Å². The summed E-state index contributed by atoms with van der Waals surface area (Å²) in [4.78, 5) is 96.6. The summed E-state index contributed by atoms with van der Waals surface area (Å²) in [5.74, 6) is -2.14. The highest BCUT2D eigenvalue weighted by molar-refractivity contribution is 6.13. The Morgan fingerprint density at radius 2 is 1.58 bits per heavy atom. The quantitative estimate of drug-likeness (QED) is 0.0928. The summed E-state index contributed by atoms with van der Waals surface area (Å²) in [6.07, 6.45) is 4.45. The molecule has 21 heteroatoms. The first-order valence-electron chi connectivity index (χ1n) is 23.8. The fourth-order valence-corrected chi connectivity index (χ4v) is 9.43. The predicted octanol–water partition coefficient (Wildman–Crippen LogP) is 6.47. The predicted molar refractivity (Wildman–Crippen MR) is 256 cm³/mol. The van der Waals surface area contributed by atoms with Crippen LogP contribution in [0.3, 0.4) is 0 Å². The van der Waals surface area contributed by atoms with Gasteiger partial charge in [0.05, 0.1) is 55.4 Å². The number of ether oxygens (including phenoxy) is 4. The van der Waals surface area contributed by atoms with E-state index in [1.807, 2.05) is 17.0 Å². The Kier molecular flexibility index (Phi) is 14.4. The van der Waals surface area contributed by atoms with Crippen LogP contribution in [0.15, 0.2) is 60.9 Å². The first-order chi connectivity index (χ1) is 33.7. The molecule has 8 rings (SSSR count). The van der Waals surface area contributed by atoms with Crippen LogP contribution in [0.25, 0.3) is 16.9 Å². The van der Waals surface area contributed by atoms with E-state index in [0.29, 0.717) is 48.1 Å². The van der Waals surface area contributed by atoms with Crippen molar-refractivity contribution in [1.29, 1.82) is 0 Å². The Bertz CT molecular complexity index is 2720. The Morgan fingerprint density at radius 1 is 0.831 bits per heavy atom. The molecular weight excluding hydrogens is 919 g/mol. The molecule has 4 aliphatic rings. The number of carboxylic acids is 1. The molecule has 2 N–H and O–H groups in total. The van der Waals surface area contributed by atoms with Gasteiger partial charge in [-0.05, 0) is 109 Å². The number of carbonyl (C=O) groups is 7. The van der Waals surface area contributed by atoms with Crippen molar-refractivity contribution < 1.29 is 57.6 Å². The average molecular weight is 978 g/mol. The summed E-state index contributed by atoms with van der Waals surface area (Å²) in [5.41, 5.74) is 1.51. The normalized spacial score (nSPS) is 19.9. The molecule has 2 aromatic carbocycles. The largest absolute Gasteiger partial charge is 0.489 e. The number of likely N-dealkylation sites (tertiary alicyclic amines) is 1. The number of imide groups is 3. The summed E-state index contributed by atoms with van der Waals surface area (Å²) < 4.78 is 24.2. The number of para-hydroxylation sites is 2. The van der Waals surface area contributed by atoms with Crippen molar-refractivity contribution in [2.75, 3.05) is 47.9 Å². The van der Waals surface area contributed by atoms with E-state index in [1.165, 1.54) is 4.68 Å². The lowest BCUT2D eigenvalue weighted by atomic mass is 9.80. The Labute approximate surface area is 410 Å². The third-order valence-corrected chi connectivity index (χ3v) is 12.6. The maximum Gasteiger partial charge on any atom is 0.424 e. The SMILES string of the molecule is CC(C)(C)OC(=O)Nc1nnc(-c2ccccc2OC(=O)CCC(=O)O)cc1-n1cc(N2CCN(C3CCC(c4cccc5c4OCCN5[C@H]4CCC(=O)N(C(=O)OC(C)(C)C)C4=O)CC3)CC2=O)cn1. The van der Waals surface area contributed by atoms with Gasteiger partial charge in [-0.25, -0.2) is 14.3 Å². The Balaban J connectivity index is 0.934. The topological polar surface area (TPSA) is 245 Å². The number of amides is 5. The number of nitrogens with one attached hydrogen (secondary N) is 1. The standard InChI is InChI=1S/C50H59N9O12/c1-49(2,3)70-47(66)52-45-38(26-35(53-54-45)34-10-7-8-13-39(34)69-43(64)21-20-42(62)63)58-28-32(27-51-58)56-23-22-55(29-41(56)61)31-16-14-30(15-17-31)33-11-9-12-36-44(33)68-25-24-57(36)37-18-19-40(60)59(46(37)65)48(67)71-50(4,5)6/h7-13,26-28,30-31,37H,14-25,29H2,1-6H3,(H,62,63)(H,52,54,66)/t30?,31?,37-/m0/s1. The van der Waals surface area contributed by atoms with E-state index in [-0.39, 0.29) is 66.6 Å². The number of hydrogen-bond acceptors (Lipinski definition) is 16. The van der Waals surface area contributed by atoms with Crippen LogP contribution in [-0.2, 0) is 33.4 Å². The van der Waals surface area contributed by atoms with Crippen LogP contribution in [0.4, 0.5) is 26.8 Å². The third kappa shape index (κ3) is 11.6. The van der Waals surface area contributed by atoms with Crippen molar-refractivity contribution in [2.24, 2.45) is 0 Å². The van der Waals surface area contributed by atoms with Gasteiger partial charge < -0.3 is 33.9 Å². The van der Waals surface area contributed by atoms with E-state index >= 15 is 0 Å². The van der Waals surface area contributed by atoms with Crippen molar-refractivity contribution in [3.63, 3.8) is 0 Å². The van der Waals surface area contributed by atoms with Gasteiger partial charge in [0.25, 0.3) is 5.91 Å². The molecule has 376 valence electrons. The highest BCUT2D eigenvalue weighted by Crippen LogP contribution is 2.45. The van der Waals surface area contributed by atoms with E-state index in [1.54, 1.807) is 89.2 Å². The Morgan fingerprint density at radius 3 is 2.30 bits per heavy atom. The van der Waals surface area contributed by atoms with Crippen LogP contribution in [0, 0.1) is 0 Å². The molecule has 3 aliphatic heterocycles. The molecule has 5 amide bonds. The van der Waals surface area contributed by atoms with Crippen LogP contribution in [0.5, 0.6) is 11.5 Å². The van der Waals surface area contributed by atoms with Gasteiger partial charge in [0.1, 0.15) is 41.0 Å². The highest BCUT2D eigenvalue weighted by atomic mass is 16.6. The number of carbonyl (C=O) groups excluding carboxylic acids is 6. The molecule has 0 bridgehead atoms. The number of piperidine rings is 1. The van der Waals surface area contributed by atoms with E-state index in [9.17, 15) is 33.6 Å². The number of esters is 1. The first kappa shape index (κ1) is 50.0. The minimum Gasteiger partial charge on any atom is -0.489 e. The van der Waals surface area contributed by atoms with Gasteiger partial charge in [0.15, 0.2) is 5.82 Å². The van der Waals surface area contributed by atoms with E-state index in [4.69, 9.17) is 24.1 Å². The molecule has 1 saturated carbocycles. The van der Waals surface area contributed by atoms with Gasteiger partial charge in [-0.1, -0.05) is 24.3 Å². The van der Waals surface area contributed by atoms with Crippen LogP contribution in [0.2, 0.25) is 0 Å². The number of piperazine rings is 1. The average Bonchev–Trinajstić information content (AvgIpc) is 3.80. The molecule has 2 saturated heterocycles. The van der Waals surface area contributed by atoms with Crippen molar-refractivity contribution in [1.82, 2.24) is 29.8 Å². The molecule has 1 aliphatic carbocycles. The number of benzene rings is 2. The molecular formula is C50H59N9O12. The molecule has 4 aromatic rings. The number of rotatable bonds is 11. The summed E-state index contributed by atoms with van der Waals surface area (Å²) >= 11 is 0. The van der Waals surface area contributed by atoms with Gasteiger partial charge in [-0.15, -0.1) is 10.2 Å². The Hall–Kier alpha value is -7.42. The lowest BCUT2D eigenvalue weighted by molar-refractivity contribution is -0.147. The van der Waals surface area contributed by atoms with Crippen molar-refractivity contribution in [3.05, 3.63) is 66.5 Å². The number of carboxylic acid groups (broad SMARTS) is 1. The highest BCUT2D eigenvalue weighted by Gasteiger charge is 2.45. The zero-order valence-corrected chi connectivity index (χ0v) is 40.7. The van der Waals surface area contributed by atoms with E-state index < -0.39 is 59.6 Å². The van der Waals surface area contributed by atoms with Gasteiger partial charge in [0, 0.05) is 31.1 Å². The van der Waals surface area contributed by atoms with Crippen LogP contribution in [0.1, 0.15) is 104 Å². The summed E-state index contributed by atoms with van der Waals surface area (Å²) in [6.45, 7) is 12.2. The number of hydrogen-bond donors (Lipinski definition) is 2. The van der Waals surface area contributed by atoms with Crippen molar-refractivity contribution in [2.45, 2.75) is 122 Å². The summed E-state index contributed by atoms with van der Waals surface area (Å²) in [7, 11) is 0. The van der Waals surface area contributed by atoms with Gasteiger partial charge >= 0.3 is 24.1 Å². The van der Waals surface area contributed by atoms with Gasteiger partial charge in [-0.3, -0.25) is 34.2 Å². The molecule has 71 heavy (non-hydrogen) atoms. The molecule has 21 nitrogen and oxygen atoms in total. The van der Waals surface area contributed by atoms with Crippen LogP contribution in [-0.4, -0.2) is 133 Å². The number of nitrogens with zero attached hydrogens (tertiary/aromatic N) is 8. The molecule has 1 atom stereocenters. The van der Waals surface area contributed by atoms with E-state index in [2.05, 4.69) is 31.6 Å². The second-order valence-electron chi connectivity index (χ2n) is 20.0. The zero-order valence-electron chi connectivity index (χ0n) is 40.7. The molecule has 0 unspecified atom stereocenters. The molecule has 3 fully saturated rings. The number of anilines is 3. The summed E-state index contributed by atoms with van der Waals surface area (Å²) in [6, 6.07) is 13.5. The minimum atomic E-state index is -1.14. The zero-order chi connectivity index (χ0) is 50.8. The van der Waals surface area contributed by atoms with E-state index in [0.717, 1.165) is 36.9 Å². The molecule has 5 heterocycles. The molecule has 2 aromatic heterocycles. The maximum absolute atomic E-state index is 13.9. The van der Waals surface area contributed by atoms with Gasteiger partial charge in [-0.2, -0.15) is 10.00 Å². The monoisotopic (exact) mass is 977 g/mol. The fourth-order valence-electron chi connectivity index (χ4n) is 9.43. The number of aromatic nitrogens is 4. The number of aliphatic carboxylic acids is 1. The molecule has 0 radical (unpaired) electrons. The van der Waals surface area contributed by atoms with Crippen LogP contribution >= 0.6 is 0 Å². The third-order valence-electron chi connectivity index (χ3n) is 12.6. The van der Waals surface area contributed by atoms with Crippen molar-refractivity contribution >= 4 is 59.0 Å². The second kappa shape index (κ2) is 20.5. The maximum atomic E-state index is 13.9. The minimum absolute atomic E-state index is 0.00360. The van der Waals surface area contributed by atoms with Gasteiger partial charge in [0.2, 0.25) is 11.8 Å². The smallest absolute Gasteiger partial charge is 0.424 e. The second-order valence-corrected chi connectivity index (χ2v) is 20.0. The lowest BCUT2D eigenvalue weighted by Crippen LogP contribution is -2.58. The number of fused-ring (bicyclic) bond motifs is 1. The lowest BCUT2D eigenvalue weighted by Gasteiger charge is -2.43.